The highest BCUT2D eigenvalue weighted by atomic mass is 79.9. The van der Waals surface area contributed by atoms with Gasteiger partial charge in [0.15, 0.2) is 0 Å². The third-order valence-corrected chi connectivity index (χ3v) is 6.84. The molecule has 132 valence electrons. The Labute approximate surface area is 157 Å². The molecule has 1 aliphatic rings. The number of benzene rings is 2. The van der Waals surface area contributed by atoms with Crippen molar-refractivity contribution in [3.8, 4) is 5.75 Å². The second-order valence-electron chi connectivity index (χ2n) is 6.59. The lowest BCUT2D eigenvalue weighted by Gasteiger charge is -2.42. The molecule has 0 spiro atoms. The van der Waals surface area contributed by atoms with E-state index in [1.54, 1.807) is 37.4 Å². The summed E-state index contributed by atoms with van der Waals surface area (Å²) in [5, 5.41) is 0. The maximum absolute atomic E-state index is 13.4. The summed E-state index contributed by atoms with van der Waals surface area (Å²) in [7, 11) is -2.16. The monoisotopic (exact) mass is 421 g/mol. The Balaban J connectivity index is 2.25. The molecule has 1 heterocycles. The molecule has 0 atom stereocenters. The van der Waals surface area contributed by atoms with E-state index in [1.165, 1.54) is 4.31 Å². The molecule has 0 N–H and O–H groups in total. The van der Waals surface area contributed by atoms with E-state index in [1.807, 2.05) is 39.0 Å². The topological polar surface area (TPSA) is 46.6 Å². The fourth-order valence-corrected chi connectivity index (χ4v) is 5.31. The quantitative estimate of drug-likeness (QED) is 0.711. The summed E-state index contributed by atoms with van der Waals surface area (Å²) in [5.74, 6) is 0.625. The summed E-state index contributed by atoms with van der Waals surface area (Å²) in [6, 6.07) is 12.2. The van der Waals surface area contributed by atoms with E-state index in [4.69, 9.17) is 4.74 Å². The normalized spacial score (nSPS) is 16.2. The molecule has 4 nitrogen and oxygen atoms in total. The molecule has 3 rings (SSSR count). The second-order valence-corrected chi connectivity index (χ2v) is 9.29. The average molecular weight is 422 g/mol. The van der Waals surface area contributed by atoms with Crippen molar-refractivity contribution in [1.29, 1.82) is 0 Å². The van der Waals surface area contributed by atoms with Gasteiger partial charge in [-0.2, -0.15) is 0 Å². The van der Waals surface area contributed by atoms with Gasteiger partial charge < -0.3 is 4.74 Å². The molecule has 6 heteroatoms. The Hall–Kier alpha value is -1.79. The maximum Gasteiger partial charge on any atom is 0.265 e. The van der Waals surface area contributed by atoms with E-state index < -0.39 is 15.6 Å². The van der Waals surface area contributed by atoms with E-state index in [0.717, 1.165) is 15.6 Å². The van der Waals surface area contributed by atoms with Crippen molar-refractivity contribution in [1.82, 2.24) is 0 Å². The number of ether oxygens (including phenoxy) is 1. The molecule has 1 aliphatic heterocycles. The van der Waals surface area contributed by atoms with Crippen molar-refractivity contribution in [3.05, 3.63) is 58.6 Å². The minimum atomic E-state index is -3.74. The molecule has 25 heavy (non-hydrogen) atoms. The molecule has 2 aromatic rings. The van der Waals surface area contributed by atoms with Gasteiger partial charge in [0.2, 0.25) is 0 Å². The summed E-state index contributed by atoms with van der Waals surface area (Å²) in [4.78, 5) is 0.255. The number of fused-ring (bicyclic) bond motifs is 1. The predicted octanol–water partition coefficient (Wildman–Crippen LogP) is 4.85. The molecule has 0 saturated heterocycles. The first-order valence-electron chi connectivity index (χ1n) is 7.86. The lowest BCUT2D eigenvalue weighted by molar-refractivity contribution is 0.414. The van der Waals surface area contributed by atoms with Gasteiger partial charge in [0, 0.05) is 16.1 Å². The van der Waals surface area contributed by atoms with Crippen molar-refractivity contribution >= 4 is 37.2 Å². The highest BCUT2D eigenvalue weighted by molar-refractivity contribution is 9.10. The van der Waals surface area contributed by atoms with Gasteiger partial charge in [-0.05, 0) is 62.7 Å². The SMILES string of the molecule is COc1ccc2c(c1)N(S(=O)(=O)c1ccc(Br)cc1)C(C)(C)C=C2C. The average Bonchev–Trinajstić information content (AvgIpc) is 2.53. The number of nitrogens with zero attached hydrogens (tertiary/aromatic N) is 1. The minimum Gasteiger partial charge on any atom is -0.497 e. The first kappa shape index (κ1) is 18.0. The van der Waals surface area contributed by atoms with Crippen LogP contribution in [0.25, 0.3) is 5.57 Å². The number of methoxy groups -OCH3 is 1. The van der Waals surface area contributed by atoms with Crippen LogP contribution >= 0.6 is 15.9 Å². The third kappa shape index (κ3) is 3.09. The highest BCUT2D eigenvalue weighted by Crippen LogP contribution is 2.43. The molecule has 0 aliphatic carbocycles. The van der Waals surface area contributed by atoms with Crippen LogP contribution < -0.4 is 9.04 Å². The van der Waals surface area contributed by atoms with Crippen LogP contribution in [-0.4, -0.2) is 21.1 Å². The van der Waals surface area contributed by atoms with Crippen LogP contribution in [0.15, 0.2) is 57.9 Å². The maximum atomic E-state index is 13.4. The zero-order chi connectivity index (χ0) is 18.4. The zero-order valence-corrected chi connectivity index (χ0v) is 17.0. The van der Waals surface area contributed by atoms with E-state index in [9.17, 15) is 8.42 Å². The molecule has 0 saturated carbocycles. The van der Waals surface area contributed by atoms with Crippen LogP contribution in [-0.2, 0) is 10.0 Å². The molecular weight excluding hydrogens is 402 g/mol. The van der Waals surface area contributed by atoms with Crippen LogP contribution in [0.3, 0.4) is 0 Å². The van der Waals surface area contributed by atoms with Gasteiger partial charge in [-0.25, -0.2) is 8.42 Å². The van der Waals surface area contributed by atoms with Crippen LogP contribution in [0.4, 0.5) is 5.69 Å². The standard InChI is InChI=1S/C19H20BrNO3S/c1-13-12-19(2,3)21(18-11-15(24-4)7-10-17(13)18)25(22,23)16-8-5-14(20)6-9-16/h5-12H,1-4H3. The molecule has 0 fully saturated rings. The van der Waals surface area contributed by atoms with Crippen LogP contribution in [0.2, 0.25) is 0 Å². The Kier molecular flexibility index (Phi) is 4.45. The number of rotatable bonds is 3. The van der Waals surface area contributed by atoms with Crippen molar-refractivity contribution in [2.45, 2.75) is 31.2 Å². The van der Waals surface area contributed by atoms with Crippen molar-refractivity contribution in [2.24, 2.45) is 0 Å². The summed E-state index contributed by atoms with van der Waals surface area (Å²) in [5.41, 5.74) is 1.87. The third-order valence-electron chi connectivity index (χ3n) is 4.29. The molecule has 0 radical (unpaired) electrons. The van der Waals surface area contributed by atoms with Crippen molar-refractivity contribution in [3.63, 3.8) is 0 Å². The zero-order valence-electron chi connectivity index (χ0n) is 14.6. The van der Waals surface area contributed by atoms with Crippen LogP contribution in [0.5, 0.6) is 5.75 Å². The van der Waals surface area contributed by atoms with Gasteiger partial charge in [0.25, 0.3) is 10.0 Å². The summed E-state index contributed by atoms with van der Waals surface area (Å²) < 4.78 is 34.5. The lowest BCUT2D eigenvalue weighted by atomic mass is 9.91. The molecular formula is C19H20BrNO3S. The van der Waals surface area contributed by atoms with Crippen molar-refractivity contribution in [2.75, 3.05) is 11.4 Å². The van der Waals surface area contributed by atoms with Gasteiger partial charge in [-0.1, -0.05) is 22.0 Å². The fourth-order valence-electron chi connectivity index (χ4n) is 3.27. The molecule has 0 unspecified atom stereocenters. The van der Waals surface area contributed by atoms with Gasteiger partial charge >= 0.3 is 0 Å². The second kappa shape index (κ2) is 6.18. The van der Waals surface area contributed by atoms with E-state index in [-0.39, 0.29) is 4.90 Å². The molecule has 0 aromatic heterocycles. The van der Waals surface area contributed by atoms with Crippen LogP contribution in [0, 0.1) is 0 Å². The number of anilines is 1. The van der Waals surface area contributed by atoms with Gasteiger partial charge in [-0.3, -0.25) is 4.31 Å². The lowest BCUT2D eigenvalue weighted by Crippen LogP contribution is -2.48. The Morgan fingerprint density at radius 3 is 2.32 bits per heavy atom. The summed E-state index contributed by atoms with van der Waals surface area (Å²) in [6.45, 7) is 5.79. The fraction of sp³-hybridized carbons (Fsp3) is 0.263. The van der Waals surface area contributed by atoms with E-state index in [2.05, 4.69) is 15.9 Å². The molecule has 0 amide bonds. The van der Waals surface area contributed by atoms with Gasteiger partial charge in [0.05, 0.1) is 23.2 Å². The summed E-state index contributed by atoms with van der Waals surface area (Å²) >= 11 is 3.35. The smallest absolute Gasteiger partial charge is 0.265 e. The first-order valence-corrected chi connectivity index (χ1v) is 10.1. The predicted molar refractivity (Wildman–Crippen MR) is 105 cm³/mol. The van der Waals surface area contributed by atoms with Crippen LogP contribution in [0.1, 0.15) is 26.3 Å². The minimum absolute atomic E-state index is 0.255. The number of hydrogen-bond donors (Lipinski definition) is 0. The largest absolute Gasteiger partial charge is 0.497 e. The van der Waals surface area contributed by atoms with E-state index in [0.29, 0.717) is 11.4 Å². The van der Waals surface area contributed by atoms with E-state index >= 15 is 0 Å². The number of hydrogen-bond acceptors (Lipinski definition) is 3. The summed E-state index contributed by atoms with van der Waals surface area (Å²) in [6.07, 6.45) is 1.98. The van der Waals surface area contributed by atoms with Crippen molar-refractivity contribution < 1.29 is 13.2 Å². The molecule has 2 aromatic carbocycles. The van der Waals surface area contributed by atoms with Gasteiger partial charge in [-0.15, -0.1) is 0 Å². The number of sulfonamides is 1. The Morgan fingerprint density at radius 1 is 1.08 bits per heavy atom. The first-order chi connectivity index (χ1) is 11.7. The number of halogens is 1. The Morgan fingerprint density at radius 2 is 1.72 bits per heavy atom. The number of allylic oxidation sites excluding steroid dienone is 1. The molecule has 0 bridgehead atoms. The highest BCUT2D eigenvalue weighted by Gasteiger charge is 2.40. The Bertz CT molecular complexity index is 947. The van der Waals surface area contributed by atoms with Gasteiger partial charge in [0.1, 0.15) is 5.75 Å².